The number of hydrogen-bond acceptors (Lipinski definition) is 7. The Kier molecular flexibility index (Phi) is 4.92. The van der Waals surface area contributed by atoms with E-state index in [0.29, 0.717) is 5.95 Å². The van der Waals surface area contributed by atoms with E-state index in [1.807, 2.05) is 42.5 Å². The van der Waals surface area contributed by atoms with Crippen LogP contribution in [0.4, 0.5) is 11.6 Å². The van der Waals surface area contributed by atoms with Crippen LogP contribution in [0, 0.1) is 12.3 Å². The number of rotatable bonds is 5. The molecule has 1 N–H and O–H groups in total. The van der Waals surface area contributed by atoms with Crippen molar-refractivity contribution in [1.82, 2.24) is 19.9 Å². The molecule has 1 saturated heterocycles. The molecule has 7 heteroatoms. The fraction of sp³-hybridized carbons (Fsp3) is 0.292. The summed E-state index contributed by atoms with van der Waals surface area (Å²) < 4.78 is 6.22. The average molecular weight is 412 g/mol. The van der Waals surface area contributed by atoms with E-state index in [-0.39, 0.29) is 12.0 Å². The number of terminal acetylenes is 1. The number of likely N-dealkylation sites (tertiary alicyclic amines) is 1. The van der Waals surface area contributed by atoms with Crippen LogP contribution in [-0.4, -0.2) is 65.9 Å². The first-order chi connectivity index (χ1) is 15.1. The van der Waals surface area contributed by atoms with Crippen molar-refractivity contribution in [3.8, 4) is 18.1 Å². The maximum absolute atomic E-state index is 6.22. The van der Waals surface area contributed by atoms with Crippen LogP contribution in [0.15, 0.2) is 47.7 Å². The molecule has 1 fully saturated rings. The van der Waals surface area contributed by atoms with Crippen LogP contribution >= 0.6 is 0 Å². The molecular weight excluding hydrogens is 388 g/mol. The molecule has 7 nitrogen and oxygen atoms in total. The smallest absolute Gasteiger partial charge is 0.227 e. The first-order valence-electron chi connectivity index (χ1n) is 10.3. The van der Waals surface area contributed by atoms with Crippen molar-refractivity contribution in [1.29, 1.82) is 0 Å². The van der Waals surface area contributed by atoms with Crippen molar-refractivity contribution in [2.45, 2.75) is 12.0 Å². The van der Waals surface area contributed by atoms with Crippen molar-refractivity contribution in [3.63, 3.8) is 0 Å². The van der Waals surface area contributed by atoms with E-state index in [0.717, 1.165) is 53.1 Å². The zero-order chi connectivity index (χ0) is 21.4. The predicted octanol–water partition coefficient (Wildman–Crippen LogP) is 3.06. The van der Waals surface area contributed by atoms with Crippen LogP contribution < -0.4 is 10.1 Å². The van der Waals surface area contributed by atoms with Gasteiger partial charge in [-0.25, -0.2) is 9.97 Å². The van der Waals surface area contributed by atoms with Gasteiger partial charge in [-0.1, -0.05) is 5.92 Å². The predicted molar refractivity (Wildman–Crippen MR) is 123 cm³/mol. The SMILES string of the molecule is C#Cc1ccc2nc(Nc3cc(OC4CN(C)C4)cc(C4C=NN(C)C4)c3)ncc2c1. The normalized spacial score (nSPS) is 18.7. The summed E-state index contributed by atoms with van der Waals surface area (Å²) in [6.45, 7) is 2.72. The zero-order valence-electron chi connectivity index (χ0n) is 17.6. The monoisotopic (exact) mass is 412 g/mol. The molecule has 31 heavy (non-hydrogen) atoms. The van der Waals surface area contributed by atoms with Gasteiger partial charge in [0.05, 0.1) is 5.52 Å². The number of aromatic nitrogens is 2. The second-order valence-electron chi connectivity index (χ2n) is 8.20. The fourth-order valence-electron chi connectivity index (χ4n) is 3.96. The molecule has 0 aliphatic carbocycles. The molecule has 1 atom stereocenters. The Morgan fingerprint density at radius 3 is 2.74 bits per heavy atom. The highest BCUT2D eigenvalue weighted by atomic mass is 16.5. The van der Waals surface area contributed by atoms with Gasteiger partial charge in [0.15, 0.2) is 0 Å². The molecule has 0 amide bonds. The van der Waals surface area contributed by atoms with E-state index in [1.54, 1.807) is 6.20 Å². The molecule has 2 aliphatic heterocycles. The van der Waals surface area contributed by atoms with Crippen molar-refractivity contribution >= 4 is 28.8 Å². The van der Waals surface area contributed by atoms with Crippen LogP contribution in [0.2, 0.25) is 0 Å². The highest BCUT2D eigenvalue weighted by Gasteiger charge is 2.26. The number of ether oxygens (including phenoxy) is 1. The van der Waals surface area contributed by atoms with Gasteiger partial charge in [0.2, 0.25) is 5.95 Å². The molecule has 2 aromatic carbocycles. The minimum absolute atomic E-state index is 0.218. The Bertz CT molecular complexity index is 1190. The van der Waals surface area contributed by atoms with Gasteiger partial charge >= 0.3 is 0 Å². The van der Waals surface area contributed by atoms with Crippen molar-refractivity contribution < 1.29 is 4.74 Å². The summed E-state index contributed by atoms with van der Waals surface area (Å²) >= 11 is 0. The molecule has 0 radical (unpaired) electrons. The fourth-order valence-corrected chi connectivity index (χ4v) is 3.96. The molecule has 3 heterocycles. The minimum atomic E-state index is 0.218. The Balaban J connectivity index is 1.43. The first-order valence-corrected chi connectivity index (χ1v) is 10.3. The summed E-state index contributed by atoms with van der Waals surface area (Å²) in [5, 5.41) is 10.6. The zero-order valence-corrected chi connectivity index (χ0v) is 17.6. The largest absolute Gasteiger partial charge is 0.488 e. The third-order valence-corrected chi connectivity index (χ3v) is 5.60. The van der Waals surface area contributed by atoms with Crippen LogP contribution in [-0.2, 0) is 0 Å². The minimum Gasteiger partial charge on any atom is -0.488 e. The maximum Gasteiger partial charge on any atom is 0.227 e. The molecule has 3 aromatic rings. The molecular formula is C24H24N6O. The first kappa shape index (κ1) is 19.3. The van der Waals surface area contributed by atoms with E-state index in [9.17, 15) is 0 Å². The lowest BCUT2D eigenvalue weighted by atomic mass is 10.00. The van der Waals surface area contributed by atoms with E-state index in [2.05, 4.69) is 50.4 Å². The molecule has 0 saturated carbocycles. The van der Waals surface area contributed by atoms with Gasteiger partial charge in [0, 0.05) is 67.7 Å². The quantitative estimate of drug-likeness (QED) is 0.650. The van der Waals surface area contributed by atoms with E-state index >= 15 is 0 Å². The molecule has 156 valence electrons. The highest BCUT2D eigenvalue weighted by molar-refractivity contribution is 5.81. The summed E-state index contributed by atoms with van der Waals surface area (Å²) in [6, 6.07) is 12.0. The number of hydrogen-bond donors (Lipinski definition) is 1. The summed E-state index contributed by atoms with van der Waals surface area (Å²) in [7, 11) is 4.08. The van der Waals surface area contributed by atoms with E-state index < -0.39 is 0 Å². The Morgan fingerprint density at radius 1 is 1.13 bits per heavy atom. The number of nitrogens with one attached hydrogen (secondary N) is 1. The molecule has 5 rings (SSSR count). The standard InChI is InChI=1S/C24H24N6O/c1-4-16-5-6-23-18(7-16)11-25-24(28-23)27-20-8-17(19-12-26-30(3)13-19)9-21(10-20)31-22-14-29(2)15-22/h1,5-12,19,22H,13-15H2,2-3H3,(H,25,27,28). The second kappa shape index (κ2) is 7.89. The Hall–Kier alpha value is -3.63. The number of hydrazone groups is 1. The third kappa shape index (κ3) is 4.16. The van der Waals surface area contributed by atoms with Crippen LogP contribution in [0.1, 0.15) is 17.0 Å². The van der Waals surface area contributed by atoms with Gasteiger partial charge < -0.3 is 10.1 Å². The van der Waals surface area contributed by atoms with Gasteiger partial charge in [-0.15, -0.1) is 6.42 Å². The lowest BCUT2D eigenvalue weighted by Crippen LogP contribution is -2.51. The number of benzene rings is 2. The third-order valence-electron chi connectivity index (χ3n) is 5.60. The lowest BCUT2D eigenvalue weighted by Gasteiger charge is -2.36. The van der Waals surface area contributed by atoms with E-state index in [4.69, 9.17) is 11.2 Å². The Morgan fingerprint density at radius 2 is 2.00 bits per heavy atom. The second-order valence-corrected chi connectivity index (χ2v) is 8.20. The summed E-state index contributed by atoms with van der Waals surface area (Å²) in [5.74, 6) is 4.24. The number of fused-ring (bicyclic) bond motifs is 1. The number of anilines is 2. The van der Waals surface area contributed by atoms with Crippen molar-refractivity contribution in [3.05, 3.63) is 53.7 Å². The van der Waals surface area contributed by atoms with Crippen molar-refractivity contribution in [2.24, 2.45) is 5.10 Å². The molecule has 0 bridgehead atoms. The average Bonchev–Trinajstić information content (AvgIpc) is 3.18. The molecule has 2 aliphatic rings. The summed E-state index contributed by atoms with van der Waals surface area (Å²) in [5.41, 5.74) is 3.70. The van der Waals surface area contributed by atoms with Gasteiger partial charge in [-0.2, -0.15) is 5.10 Å². The van der Waals surface area contributed by atoms with Crippen molar-refractivity contribution in [2.75, 3.05) is 39.0 Å². The van der Waals surface area contributed by atoms with Gasteiger partial charge in [-0.05, 0) is 42.9 Å². The van der Waals surface area contributed by atoms with Crippen LogP contribution in [0.3, 0.4) is 0 Å². The Labute approximate surface area is 181 Å². The molecule has 1 unspecified atom stereocenters. The summed E-state index contributed by atoms with van der Waals surface area (Å²) in [6.07, 6.45) is 9.47. The topological polar surface area (TPSA) is 65.9 Å². The maximum atomic E-state index is 6.22. The molecule has 1 aromatic heterocycles. The lowest BCUT2D eigenvalue weighted by molar-refractivity contribution is 0.0388. The van der Waals surface area contributed by atoms with Crippen LogP contribution in [0.5, 0.6) is 5.75 Å². The van der Waals surface area contributed by atoms with Gasteiger partial charge in [-0.3, -0.25) is 9.91 Å². The van der Waals surface area contributed by atoms with Gasteiger partial charge in [0.1, 0.15) is 11.9 Å². The van der Waals surface area contributed by atoms with Crippen LogP contribution in [0.25, 0.3) is 10.9 Å². The van der Waals surface area contributed by atoms with E-state index in [1.165, 1.54) is 0 Å². The van der Waals surface area contributed by atoms with Gasteiger partial charge in [0.25, 0.3) is 0 Å². The highest BCUT2D eigenvalue weighted by Crippen LogP contribution is 2.30. The number of nitrogens with zero attached hydrogens (tertiary/aromatic N) is 5. The summed E-state index contributed by atoms with van der Waals surface area (Å²) in [4.78, 5) is 11.3. The number of likely N-dealkylation sites (N-methyl/N-ethyl adjacent to an activating group) is 2. The molecule has 0 spiro atoms.